The second kappa shape index (κ2) is 10.0. The molecule has 0 aliphatic rings. The standard InChI is InChI=1S/C15H20ClN3O2/c1-2-8-18-10-12-13(16)5-3-6-14(12)21-11-15(20)19-9-4-7-17/h3,5-6,18H,2,4,8-11H2,1H3,(H,19,20). The van der Waals surface area contributed by atoms with Crippen LogP contribution in [0, 0.1) is 11.3 Å². The molecule has 0 aliphatic heterocycles. The van der Waals surface area contributed by atoms with Gasteiger partial charge in [-0.05, 0) is 25.1 Å². The lowest BCUT2D eigenvalue weighted by Crippen LogP contribution is -2.29. The molecule has 0 unspecified atom stereocenters. The van der Waals surface area contributed by atoms with Gasteiger partial charge in [-0.2, -0.15) is 5.26 Å². The van der Waals surface area contributed by atoms with Gasteiger partial charge < -0.3 is 15.4 Å². The average molecular weight is 310 g/mol. The van der Waals surface area contributed by atoms with E-state index in [4.69, 9.17) is 21.6 Å². The molecular formula is C15H20ClN3O2. The maximum atomic E-state index is 11.6. The Hall–Kier alpha value is -1.77. The van der Waals surface area contributed by atoms with Crippen LogP contribution in [0.5, 0.6) is 5.75 Å². The summed E-state index contributed by atoms with van der Waals surface area (Å²) in [6.07, 6.45) is 1.32. The summed E-state index contributed by atoms with van der Waals surface area (Å²) in [7, 11) is 0. The van der Waals surface area contributed by atoms with Crippen molar-refractivity contribution in [2.45, 2.75) is 26.3 Å². The molecule has 0 atom stereocenters. The molecule has 21 heavy (non-hydrogen) atoms. The van der Waals surface area contributed by atoms with Gasteiger partial charge in [0.1, 0.15) is 5.75 Å². The average Bonchev–Trinajstić information content (AvgIpc) is 2.48. The Bertz CT molecular complexity index is 500. The van der Waals surface area contributed by atoms with Crippen molar-refractivity contribution >= 4 is 17.5 Å². The number of nitrogens with zero attached hydrogens (tertiary/aromatic N) is 1. The molecule has 0 bridgehead atoms. The molecule has 1 amide bonds. The molecule has 0 fully saturated rings. The summed E-state index contributed by atoms with van der Waals surface area (Å²) in [6, 6.07) is 7.33. The largest absolute Gasteiger partial charge is 0.483 e. The molecule has 2 N–H and O–H groups in total. The first-order chi connectivity index (χ1) is 10.2. The maximum absolute atomic E-state index is 11.6. The minimum Gasteiger partial charge on any atom is -0.483 e. The lowest BCUT2D eigenvalue weighted by Gasteiger charge is -2.13. The fourth-order valence-electron chi connectivity index (χ4n) is 1.69. The Morgan fingerprint density at radius 2 is 2.24 bits per heavy atom. The van der Waals surface area contributed by atoms with E-state index in [0.717, 1.165) is 18.5 Å². The summed E-state index contributed by atoms with van der Waals surface area (Å²) in [5, 5.41) is 14.9. The summed E-state index contributed by atoms with van der Waals surface area (Å²) in [4.78, 5) is 11.6. The van der Waals surface area contributed by atoms with E-state index in [9.17, 15) is 4.79 Å². The van der Waals surface area contributed by atoms with E-state index in [1.165, 1.54) is 0 Å². The Morgan fingerprint density at radius 1 is 1.43 bits per heavy atom. The topological polar surface area (TPSA) is 74.2 Å². The fourth-order valence-corrected chi connectivity index (χ4v) is 1.92. The van der Waals surface area contributed by atoms with Crippen LogP contribution in [0.1, 0.15) is 25.3 Å². The number of nitriles is 1. The molecule has 1 aromatic rings. The van der Waals surface area contributed by atoms with E-state index >= 15 is 0 Å². The fraction of sp³-hybridized carbons (Fsp3) is 0.467. The number of carbonyl (C=O) groups is 1. The molecule has 5 nitrogen and oxygen atoms in total. The number of rotatable bonds is 9. The summed E-state index contributed by atoms with van der Waals surface area (Å²) in [6.45, 7) is 3.81. The van der Waals surface area contributed by atoms with Crippen molar-refractivity contribution < 1.29 is 9.53 Å². The number of benzene rings is 1. The number of ether oxygens (including phenoxy) is 1. The van der Waals surface area contributed by atoms with Crippen LogP contribution in [0.3, 0.4) is 0 Å². The third kappa shape index (κ3) is 6.48. The van der Waals surface area contributed by atoms with Crippen LogP contribution >= 0.6 is 11.6 Å². The van der Waals surface area contributed by atoms with Gasteiger partial charge >= 0.3 is 0 Å². The minimum atomic E-state index is -0.252. The first-order valence-electron chi connectivity index (χ1n) is 6.93. The molecule has 0 aliphatic carbocycles. The van der Waals surface area contributed by atoms with Crippen LogP contribution in [0.2, 0.25) is 5.02 Å². The summed E-state index contributed by atoms with van der Waals surface area (Å²) in [5.41, 5.74) is 0.845. The number of hydrogen-bond donors (Lipinski definition) is 2. The molecule has 1 aromatic carbocycles. The molecular weight excluding hydrogens is 290 g/mol. The van der Waals surface area contributed by atoms with Crippen molar-refractivity contribution in [2.24, 2.45) is 0 Å². The predicted octanol–water partition coefficient (Wildman–Crippen LogP) is 2.25. The Kier molecular flexibility index (Phi) is 8.25. The van der Waals surface area contributed by atoms with Crippen molar-refractivity contribution in [2.75, 3.05) is 19.7 Å². The zero-order valence-electron chi connectivity index (χ0n) is 12.1. The SMILES string of the molecule is CCCNCc1c(Cl)cccc1OCC(=O)NCCC#N. The zero-order chi connectivity index (χ0) is 15.5. The van der Waals surface area contributed by atoms with Gasteiger partial charge in [0.15, 0.2) is 6.61 Å². The van der Waals surface area contributed by atoms with Gasteiger partial charge in [0.05, 0.1) is 12.5 Å². The lowest BCUT2D eigenvalue weighted by atomic mass is 10.2. The van der Waals surface area contributed by atoms with E-state index < -0.39 is 0 Å². The number of carbonyl (C=O) groups excluding carboxylic acids is 1. The summed E-state index contributed by atoms with van der Waals surface area (Å²) < 4.78 is 5.52. The van der Waals surface area contributed by atoms with E-state index in [0.29, 0.717) is 23.9 Å². The molecule has 0 saturated heterocycles. The van der Waals surface area contributed by atoms with E-state index in [1.807, 2.05) is 6.07 Å². The van der Waals surface area contributed by atoms with Gasteiger partial charge in [0, 0.05) is 23.7 Å². The van der Waals surface area contributed by atoms with Gasteiger partial charge in [-0.1, -0.05) is 24.6 Å². The number of hydrogen-bond acceptors (Lipinski definition) is 4. The molecule has 0 radical (unpaired) electrons. The first kappa shape index (κ1) is 17.3. The van der Waals surface area contributed by atoms with Gasteiger partial charge in [-0.3, -0.25) is 4.79 Å². The number of amides is 1. The van der Waals surface area contributed by atoms with Crippen molar-refractivity contribution in [1.29, 1.82) is 5.26 Å². The number of nitrogens with one attached hydrogen (secondary N) is 2. The van der Waals surface area contributed by atoms with E-state index in [-0.39, 0.29) is 18.9 Å². The quantitative estimate of drug-likeness (QED) is 0.686. The predicted molar refractivity (Wildman–Crippen MR) is 82.2 cm³/mol. The zero-order valence-corrected chi connectivity index (χ0v) is 12.9. The molecule has 0 saturated carbocycles. The van der Waals surface area contributed by atoms with Gasteiger partial charge in [-0.15, -0.1) is 0 Å². The molecule has 1 rings (SSSR count). The smallest absolute Gasteiger partial charge is 0.257 e. The van der Waals surface area contributed by atoms with Crippen LogP contribution in [-0.2, 0) is 11.3 Å². The number of halogens is 1. The highest BCUT2D eigenvalue weighted by atomic mass is 35.5. The molecule has 0 heterocycles. The second-order valence-corrected chi connectivity index (χ2v) is 4.85. The van der Waals surface area contributed by atoms with Crippen LogP contribution < -0.4 is 15.4 Å². The minimum absolute atomic E-state index is 0.0907. The van der Waals surface area contributed by atoms with Gasteiger partial charge in [0.25, 0.3) is 5.91 Å². The first-order valence-corrected chi connectivity index (χ1v) is 7.31. The highest BCUT2D eigenvalue weighted by Crippen LogP contribution is 2.26. The Labute approximate surface area is 130 Å². The monoisotopic (exact) mass is 309 g/mol. The van der Waals surface area contributed by atoms with Crippen LogP contribution in [0.15, 0.2) is 18.2 Å². The van der Waals surface area contributed by atoms with E-state index in [1.54, 1.807) is 18.2 Å². The van der Waals surface area contributed by atoms with Crippen LogP contribution in [0.4, 0.5) is 0 Å². The van der Waals surface area contributed by atoms with Crippen molar-refractivity contribution in [3.63, 3.8) is 0 Å². The highest BCUT2D eigenvalue weighted by Gasteiger charge is 2.09. The van der Waals surface area contributed by atoms with Crippen molar-refractivity contribution in [1.82, 2.24) is 10.6 Å². The van der Waals surface area contributed by atoms with Crippen LogP contribution in [0.25, 0.3) is 0 Å². The molecule has 0 spiro atoms. The molecule has 114 valence electrons. The van der Waals surface area contributed by atoms with E-state index in [2.05, 4.69) is 17.6 Å². The van der Waals surface area contributed by atoms with Crippen LogP contribution in [-0.4, -0.2) is 25.6 Å². The summed E-state index contributed by atoms with van der Waals surface area (Å²) >= 11 is 6.17. The molecule has 6 heteroatoms. The second-order valence-electron chi connectivity index (χ2n) is 4.44. The lowest BCUT2D eigenvalue weighted by molar-refractivity contribution is -0.123. The molecule has 0 aromatic heterocycles. The van der Waals surface area contributed by atoms with Gasteiger partial charge in [-0.25, -0.2) is 0 Å². The van der Waals surface area contributed by atoms with Crippen molar-refractivity contribution in [3.8, 4) is 11.8 Å². The maximum Gasteiger partial charge on any atom is 0.257 e. The summed E-state index contributed by atoms with van der Waals surface area (Å²) in [5.74, 6) is 0.347. The Morgan fingerprint density at radius 3 is 2.95 bits per heavy atom. The highest BCUT2D eigenvalue weighted by molar-refractivity contribution is 6.31. The third-order valence-corrected chi connectivity index (χ3v) is 3.08. The third-order valence-electron chi connectivity index (χ3n) is 2.72. The van der Waals surface area contributed by atoms with Crippen molar-refractivity contribution in [3.05, 3.63) is 28.8 Å². The normalized spacial score (nSPS) is 9.95. The van der Waals surface area contributed by atoms with Gasteiger partial charge in [0.2, 0.25) is 0 Å². The Balaban J connectivity index is 2.55.